The molecule has 1 unspecified atom stereocenters. The number of hydrogen-bond donors (Lipinski definition) is 1. The van der Waals surface area contributed by atoms with Crippen LogP contribution < -0.4 is 5.32 Å². The average Bonchev–Trinajstić information content (AvgIpc) is 3.14. The lowest BCUT2D eigenvalue weighted by Gasteiger charge is -2.29. The predicted molar refractivity (Wildman–Crippen MR) is 79.3 cm³/mol. The van der Waals surface area contributed by atoms with Crippen LogP contribution in [0.25, 0.3) is 0 Å². The van der Waals surface area contributed by atoms with Gasteiger partial charge in [-0.25, -0.2) is 4.39 Å². The van der Waals surface area contributed by atoms with Crippen LogP contribution in [0.3, 0.4) is 0 Å². The van der Waals surface area contributed by atoms with Crippen molar-refractivity contribution >= 4 is 11.7 Å². The fourth-order valence-electron chi connectivity index (χ4n) is 2.77. The van der Waals surface area contributed by atoms with E-state index >= 15 is 0 Å². The van der Waals surface area contributed by atoms with E-state index in [0.29, 0.717) is 6.42 Å². The molecule has 114 valence electrons. The quantitative estimate of drug-likeness (QED) is 0.926. The molecule has 1 amide bonds. The Morgan fingerprint density at radius 2 is 2.00 bits per heavy atom. The molecule has 0 aliphatic heterocycles. The van der Waals surface area contributed by atoms with E-state index in [2.05, 4.69) is 5.32 Å². The predicted octanol–water partition coefficient (Wildman–Crippen LogP) is 3.05. The molecular weight excluding hydrogens is 269 g/mol. The van der Waals surface area contributed by atoms with Crippen LogP contribution in [-0.4, -0.2) is 17.7 Å². The Labute approximate surface area is 124 Å². The molecule has 1 saturated carbocycles. The molecule has 21 heavy (non-hydrogen) atoms. The van der Waals surface area contributed by atoms with Gasteiger partial charge in [0.25, 0.3) is 0 Å². The van der Waals surface area contributed by atoms with E-state index in [1.807, 2.05) is 26.8 Å². The highest BCUT2D eigenvalue weighted by atomic mass is 19.1. The summed E-state index contributed by atoms with van der Waals surface area (Å²) >= 11 is 0. The van der Waals surface area contributed by atoms with Crippen molar-refractivity contribution in [1.82, 2.24) is 5.32 Å². The second kappa shape index (κ2) is 5.58. The zero-order valence-corrected chi connectivity index (χ0v) is 12.9. The number of carbonyl (C=O) groups is 2. The van der Waals surface area contributed by atoms with Gasteiger partial charge in [0.1, 0.15) is 5.82 Å². The summed E-state index contributed by atoms with van der Waals surface area (Å²) in [5.41, 5.74) is 0.537. The molecule has 0 heterocycles. The monoisotopic (exact) mass is 291 g/mol. The molecule has 1 aliphatic rings. The largest absolute Gasteiger partial charge is 0.346 e. The van der Waals surface area contributed by atoms with Crippen LogP contribution in [0.1, 0.15) is 45.6 Å². The minimum Gasteiger partial charge on any atom is -0.346 e. The van der Waals surface area contributed by atoms with E-state index in [9.17, 15) is 14.0 Å². The Balaban J connectivity index is 2.01. The number of halogens is 1. The van der Waals surface area contributed by atoms with Gasteiger partial charge in [0.15, 0.2) is 5.78 Å². The number of Topliss-reactive ketones (excluding diaryl/α,β-unsaturated/α-hetero) is 1. The van der Waals surface area contributed by atoms with Crippen LogP contribution in [0.2, 0.25) is 0 Å². The Bertz CT molecular complexity index is 562. The third-order valence-electron chi connectivity index (χ3n) is 3.96. The Hall–Kier alpha value is -1.71. The van der Waals surface area contributed by atoms with Crippen molar-refractivity contribution in [3.05, 3.63) is 35.6 Å². The second-order valence-electron chi connectivity index (χ2n) is 6.92. The zero-order chi connectivity index (χ0) is 15.8. The number of nitrogens with one attached hydrogen (secondary N) is 1. The topological polar surface area (TPSA) is 46.2 Å². The number of carbonyl (C=O) groups excluding carboxylic acids is 2. The summed E-state index contributed by atoms with van der Waals surface area (Å²) in [5.74, 6) is -0.530. The molecular formula is C17H22FNO2. The summed E-state index contributed by atoms with van der Waals surface area (Å²) in [6.07, 6.45) is 0.712. The van der Waals surface area contributed by atoms with Crippen LogP contribution in [0.15, 0.2) is 24.3 Å². The van der Waals surface area contributed by atoms with Crippen LogP contribution in [0.5, 0.6) is 0 Å². The Morgan fingerprint density at radius 1 is 1.33 bits per heavy atom. The van der Waals surface area contributed by atoms with Crippen molar-refractivity contribution in [2.75, 3.05) is 0 Å². The molecule has 3 nitrogen and oxygen atoms in total. The number of rotatable bonds is 4. The molecule has 0 radical (unpaired) electrons. The van der Waals surface area contributed by atoms with Crippen molar-refractivity contribution in [3.8, 4) is 0 Å². The van der Waals surface area contributed by atoms with Crippen molar-refractivity contribution in [2.45, 2.75) is 46.1 Å². The third kappa shape index (κ3) is 3.69. The van der Waals surface area contributed by atoms with Crippen molar-refractivity contribution in [3.63, 3.8) is 0 Å². The standard InChI is InChI=1S/C17H22FNO2/c1-10(20)15(17(2,3)4)19-16(21)14-9-13(14)11-6-5-7-12(18)8-11/h5-8,13-15H,9H2,1-4H3,(H,19,21)/t13?,14-,15-/m1/s1. The first-order valence-corrected chi connectivity index (χ1v) is 7.26. The molecule has 1 N–H and O–H groups in total. The lowest BCUT2D eigenvalue weighted by Crippen LogP contribution is -2.48. The van der Waals surface area contributed by atoms with Gasteiger partial charge in [0.2, 0.25) is 5.91 Å². The normalized spacial score (nSPS) is 22.5. The first-order valence-electron chi connectivity index (χ1n) is 7.26. The summed E-state index contributed by atoms with van der Waals surface area (Å²) in [5, 5.41) is 2.85. The number of hydrogen-bond acceptors (Lipinski definition) is 2. The van der Waals surface area contributed by atoms with Gasteiger partial charge in [-0.3, -0.25) is 9.59 Å². The molecule has 2 rings (SSSR count). The summed E-state index contributed by atoms with van der Waals surface area (Å²) in [4.78, 5) is 24.0. The maximum absolute atomic E-state index is 13.2. The molecule has 0 bridgehead atoms. The molecule has 4 heteroatoms. The van der Waals surface area contributed by atoms with Gasteiger partial charge in [0, 0.05) is 5.92 Å². The van der Waals surface area contributed by atoms with Gasteiger partial charge in [-0.1, -0.05) is 32.9 Å². The minimum absolute atomic E-state index is 0.0428. The lowest BCUT2D eigenvalue weighted by molar-refractivity contribution is -0.129. The second-order valence-corrected chi connectivity index (χ2v) is 6.92. The third-order valence-corrected chi connectivity index (χ3v) is 3.96. The van der Waals surface area contributed by atoms with Crippen LogP contribution in [0.4, 0.5) is 4.39 Å². The minimum atomic E-state index is -0.487. The van der Waals surface area contributed by atoms with Crippen molar-refractivity contribution in [1.29, 1.82) is 0 Å². The fourth-order valence-corrected chi connectivity index (χ4v) is 2.77. The van der Waals surface area contributed by atoms with E-state index in [-0.39, 0.29) is 34.8 Å². The van der Waals surface area contributed by atoms with Gasteiger partial charge in [-0.2, -0.15) is 0 Å². The molecule has 3 atom stereocenters. The highest BCUT2D eigenvalue weighted by Crippen LogP contribution is 2.47. The summed E-state index contributed by atoms with van der Waals surface area (Å²) < 4.78 is 13.2. The summed E-state index contributed by atoms with van der Waals surface area (Å²) in [6.45, 7) is 7.27. The van der Waals surface area contributed by atoms with Gasteiger partial charge in [-0.05, 0) is 42.4 Å². The lowest BCUT2D eigenvalue weighted by atomic mass is 9.84. The van der Waals surface area contributed by atoms with Crippen LogP contribution in [-0.2, 0) is 9.59 Å². The van der Waals surface area contributed by atoms with E-state index in [4.69, 9.17) is 0 Å². The van der Waals surface area contributed by atoms with Crippen molar-refractivity contribution in [2.24, 2.45) is 11.3 Å². The first kappa shape index (κ1) is 15.7. The van der Waals surface area contributed by atoms with Gasteiger partial charge in [-0.15, -0.1) is 0 Å². The van der Waals surface area contributed by atoms with Crippen molar-refractivity contribution < 1.29 is 14.0 Å². The highest BCUT2D eigenvalue weighted by Gasteiger charge is 2.45. The zero-order valence-electron chi connectivity index (χ0n) is 12.9. The average molecular weight is 291 g/mol. The SMILES string of the molecule is CC(=O)[C@@H](NC(=O)[C@@H]1CC1c1cccc(F)c1)C(C)(C)C. The van der Waals surface area contributed by atoms with E-state index < -0.39 is 6.04 Å². The molecule has 1 aliphatic carbocycles. The maximum atomic E-state index is 13.2. The van der Waals surface area contributed by atoms with Gasteiger partial charge < -0.3 is 5.32 Å². The van der Waals surface area contributed by atoms with E-state index in [1.165, 1.54) is 19.1 Å². The number of ketones is 1. The molecule has 1 aromatic carbocycles. The Kier molecular flexibility index (Phi) is 4.17. The Morgan fingerprint density at radius 3 is 2.52 bits per heavy atom. The smallest absolute Gasteiger partial charge is 0.224 e. The molecule has 0 aromatic heterocycles. The fraction of sp³-hybridized carbons (Fsp3) is 0.529. The maximum Gasteiger partial charge on any atom is 0.224 e. The number of benzene rings is 1. The van der Waals surface area contributed by atoms with Crippen LogP contribution >= 0.6 is 0 Å². The molecule has 0 saturated heterocycles. The summed E-state index contributed by atoms with van der Waals surface area (Å²) in [7, 11) is 0. The summed E-state index contributed by atoms with van der Waals surface area (Å²) in [6, 6.07) is 5.88. The van der Waals surface area contributed by atoms with Gasteiger partial charge >= 0.3 is 0 Å². The highest BCUT2D eigenvalue weighted by molar-refractivity contribution is 5.90. The van der Waals surface area contributed by atoms with E-state index in [1.54, 1.807) is 6.07 Å². The molecule has 1 aromatic rings. The number of amides is 1. The molecule has 1 fully saturated rings. The van der Waals surface area contributed by atoms with Gasteiger partial charge in [0.05, 0.1) is 6.04 Å². The molecule has 0 spiro atoms. The van der Waals surface area contributed by atoms with Crippen LogP contribution in [0, 0.1) is 17.2 Å². The first-order chi connectivity index (χ1) is 9.70. The van der Waals surface area contributed by atoms with E-state index in [0.717, 1.165) is 5.56 Å².